The van der Waals surface area contributed by atoms with Crippen molar-refractivity contribution in [3.05, 3.63) is 6.07 Å². The van der Waals surface area contributed by atoms with Crippen LogP contribution in [0.25, 0.3) is 0 Å². The normalized spacial score (nSPS) is 18.8. The Morgan fingerprint density at radius 3 is 2.23 bits per heavy atom. The minimum atomic E-state index is 0.0545. The number of carbonyl (C=O) groups excluding carboxylic acids is 1. The van der Waals surface area contributed by atoms with Gasteiger partial charge in [0.15, 0.2) is 0 Å². The van der Waals surface area contributed by atoms with E-state index in [-0.39, 0.29) is 11.8 Å². The molecule has 1 aromatic heterocycles. The smallest absolute Gasteiger partial charge is 0.232 e. The molecule has 0 spiro atoms. The summed E-state index contributed by atoms with van der Waals surface area (Å²) in [6.07, 6.45) is 3.48. The molecule has 0 N–H and O–H groups in total. The largest absolute Gasteiger partial charge is 0.481 e. The van der Waals surface area contributed by atoms with E-state index in [1.807, 2.05) is 9.80 Å². The maximum atomic E-state index is 12.4. The summed E-state index contributed by atoms with van der Waals surface area (Å²) in [5.74, 6) is 1.81. The number of amides is 1. The highest BCUT2D eigenvalue weighted by Gasteiger charge is 2.37. The van der Waals surface area contributed by atoms with Crippen LogP contribution in [0.15, 0.2) is 6.07 Å². The van der Waals surface area contributed by atoms with E-state index in [2.05, 4.69) is 9.97 Å². The number of piperidine rings is 1. The molecule has 0 bridgehead atoms. The van der Waals surface area contributed by atoms with E-state index in [0.29, 0.717) is 30.8 Å². The Kier molecular flexibility index (Phi) is 4.31. The molecule has 7 heteroatoms. The van der Waals surface area contributed by atoms with Gasteiger partial charge in [0.2, 0.25) is 23.6 Å². The zero-order chi connectivity index (χ0) is 15.5. The lowest BCUT2D eigenvalue weighted by molar-refractivity contribution is -0.137. The molecule has 0 unspecified atom stereocenters. The van der Waals surface area contributed by atoms with Crippen molar-refractivity contribution in [2.75, 3.05) is 45.3 Å². The molecule has 2 aliphatic rings. The molecule has 0 aliphatic carbocycles. The van der Waals surface area contributed by atoms with Gasteiger partial charge in [-0.1, -0.05) is 0 Å². The Morgan fingerprint density at radius 1 is 1.09 bits per heavy atom. The van der Waals surface area contributed by atoms with Gasteiger partial charge >= 0.3 is 0 Å². The second-order valence-electron chi connectivity index (χ2n) is 5.74. The molecule has 1 aromatic rings. The summed E-state index contributed by atoms with van der Waals surface area (Å²) in [5.41, 5.74) is 0. The van der Waals surface area contributed by atoms with Crippen LogP contribution < -0.4 is 14.4 Å². The van der Waals surface area contributed by atoms with E-state index in [0.717, 1.165) is 25.9 Å². The van der Waals surface area contributed by atoms with Crippen LogP contribution in [0.3, 0.4) is 0 Å². The predicted molar refractivity (Wildman–Crippen MR) is 81.3 cm³/mol. The van der Waals surface area contributed by atoms with Gasteiger partial charge in [-0.25, -0.2) is 0 Å². The molecule has 3 heterocycles. The van der Waals surface area contributed by atoms with Gasteiger partial charge in [-0.05, 0) is 19.3 Å². The van der Waals surface area contributed by atoms with Gasteiger partial charge < -0.3 is 19.3 Å². The summed E-state index contributed by atoms with van der Waals surface area (Å²) in [6.45, 7) is 3.12. The molecule has 0 radical (unpaired) electrons. The average molecular weight is 306 g/mol. The van der Waals surface area contributed by atoms with Gasteiger partial charge in [-0.15, -0.1) is 0 Å². The lowest BCUT2D eigenvalue weighted by Crippen LogP contribution is -2.55. The summed E-state index contributed by atoms with van der Waals surface area (Å²) >= 11 is 0. The molecule has 2 aliphatic heterocycles. The second kappa shape index (κ2) is 6.37. The second-order valence-corrected chi connectivity index (χ2v) is 5.74. The van der Waals surface area contributed by atoms with Crippen LogP contribution in [0, 0.1) is 5.92 Å². The standard InChI is InChI=1S/C15H22N4O3/c1-21-12-8-13(22-2)17-15(16-12)19-9-11(10-19)14(20)18-6-4-3-5-7-18/h8,11H,3-7,9-10H2,1-2H3. The topological polar surface area (TPSA) is 67.8 Å². The number of carbonyl (C=O) groups is 1. The van der Waals surface area contributed by atoms with Gasteiger partial charge in [0.1, 0.15) is 0 Å². The lowest BCUT2D eigenvalue weighted by Gasteiger charge is -2.41. The van der Waals surface area contributed by atoms with Crippen LogP contribution in [0.5, 0.6) is 11.8 Å². The number of aromatic nitrogens is 2. The van der Waals surface area contributed by atoms with E-state index < -0.39 is 0 Å². The summed E-state index contributed by atoms with van der Waals surface area (Å²) in [5, 5.41) is 0. The van der Waals surface area contributed by atoms with E-state index in [9.17, 15) is 4.79 Å². The average Bonchev–Trinajstić information content (AvgIpc) is 2.53. The van der Waals surface area contributed by atoms with Crippen molar-refractivity contribution in [2.24, 2.45) is 5.92 Å². The van der Waals surface area contributed by atoms with Gasteiger partial charge in [0.05, 0.1) is 26.2 Å². The predicted octanol–water partition coefficient (Wildman–Crippen LogP) is 0.942. The number of rotatable bonds is 4. The molecular weight excluding hydrogens is 284 g/mol. The maximum Gasteiger partial charge on any atom is 0.232 e. The quantitative estimate of drug-likeness (QED) is 0.825. The molecule has 0 aromatic carbocycles. The Balaban J connectivity index is 1.61. The van der Waals surface area contributed by atoms with Crippen LogP contribution in [-0.4, -0.2) is 61.2 Å². The molecule has 0 saturated carbocycles. The number of methoxy groups -OCH3 is 2. The van der Waals surface area contributed by atoms with Crippen LogP contribution >= 0.6 is 0 Å². The molecule has 2 saturated heterocycles. The van der Waals surface area contributed by atoms with Crippen molar-refractivity contribution in [2.45, 2.75) is 19.3 Å². The fraction of sp³-hybridized carbons (Fsp3) is 0.667. The Bertz CT molecular complexity index is 517. The summed E-state index contributed by atoms with van der Waals surface area (Å²) in [7, 11) is 3.12. The Hall–Kier alpha value is -2.05. The first-order chi connectivity index (χ1) is 10.7. The third-order valence-electron chi connectivity index (χ3n) is 4.27. The van der Waals surface area contributed by atoms with Crippen LogP contribution in [0.1, 0.15) is 19.3 Å². The van der Waals surface area contributed by atoms with E-state index in [1.165, 1.54) is 6.42 Å². The van der Waals surface area contributed by atoms with Crippen molar-refractivity contribution >= 4 is 11.9 Å². The highest BCUT2D eigenvalue weighted by molar-refractivity contribution is 5.81. The van der Waals surface area contributed by atoms with Gasteiger partial charge in [-0.3, -0.25) is 4.79 Å². The SMILES string of the molecule is COc1cc(OC)nc(N2CC(C(=O)N3CCCCC3)C2)n1. The Labute approximate surface area is 130 Å². The molecule has 120 valence electrons. The van der Waals surface area contributed by atoms with Crippen molar-refractivity contribution < 1.29 is 14.3 Å². The van der Waals surface area contributed by atoms with Crippen LogP contribution in [0.2, 0.25) is 0 Å². The number of nitrogens with zero attached hydrogens (tertiary/aromatic N) is 4. The molecule has 2 fully saturated rings. The van der Waals surface area contributed by atoms with Crippen LogP contribution in [-0.2, 0) is 4.79 Å². The van der Waals surface area contributed by atoms with Gasteiger partial charge in [-0.2, -0.15) is 9.97 Å². The first-order valence-corrected chi connectivity index (χ1v) is 7.72. The van der Waals surface area contributed by atoms with E-state index in [1.54, 1.807) is 20.3 Å². The Morgan fingerprint density at radius 2 is 1.68 bits per heavy atom. The van der Waals surface area contributed by atoms with Gasteiger partial charge in [0, 0.05) is 26.2 Å². The maximum absolute atomic E-state index is 12.4. The number of anilines is 1. The first kappa shape index (κ1) is 14.9. The first-order valence-electron chi connectivity index (χ1n) is 7.72. The van der Waals surface area contributed by atoms with Gasteiger partial charge in [0.25, 0.3) is 0 Å². The summed E-state index contributed by atoms with van der Waals surface area (Å²) < 4.78 is 10.3. The lowest BCUT2D eigenvalue weighted by atomic mass is 9.97. The third kappa shape index (κ3) is 2.93. The monoisotopic (exact) mass is 306 g/mol. The fourth-order valence-corrected chi connectivity index (χ4v) is 2.91. The van der Waals surface area contributed by atoms with Crippen molar-refractivity contribution in [3.63, 3.8) is 0 Å². The minimum Gasteiger partial charge on any atom is -0.481 e. The molecular formula is C15H22N4O3. The van der Waals surface area contributed by atoms with Crippen molar-refractivity contribution in [1.29, 1.82) is 0 Å². The number of likely N-dealkylation sites (tertiary alicyclic amines) is 1. The number of hydrogen-bond donors (Lipinski definition) is 0. The zero-order valence-corrected chi connectivity index (χ0v) is 13.1. The summed E-state index contributed by atoms with van der Waals surface area (Å²) in [6, 6.07) is 1.64. The highest BCUT2D eigenvalue weighted by atomic mass is 16.5. The summed E-state index contributed by atoms with van der Waals surface area (Å²) in [4.78, 5) is 25.0. The molecule has 22 heavy (non-hydrogen) atoms. The number of hydrogen-bond acceptors (Lipinski definition) is 6. The highest BCUT2D eigenvalue weighted by Crippen LogP contribution is 2.27. The molecule has 3 rings (SSSR count). The zero-order valence-electron chi connectivity index (χ0n) is 13.1. The minimum absolute atomic E-state index is 0.0545. The van der Waals surface area contributed by atoms with Crippen molar-refractivity contribution in [3.8, 4) is 11.8 Å². The third-order valence-corrected chi connectivity index (χ3v) is 4.27. The van der Waals surface area contributed by atoms with E-state index >= 15 is 0 Å². The molecule has 0 atom stereocenters. The van der Waals surface area contributed by atoms with Crippen LogP contribution in [0.4, 0.5) is 5.95 Å². The van der Waals surface area contributed by atoms with Crippen molar-refractivity contribution in [1.82, 2.24) is 14.9 Å². The van der Waals surface area contributed by atoms with E-state index in [4.69, 9.17) is 9.47 Å². The number of ether oxygens (including phenoxy) is 2. The molecule has 7 nitrogen and oxygen atoms in total. The molecule has 1 amide bonds. The fourth-order valence-electron chi connectivity index (χ4n) is 2.91.